The van der Waals surface area contributed by atoms with Gasteiger partial charge in [0.1, 0.15) is 23.9 Å². The van der Waals surface area contributed by atoms with Crippen LogP contribution in [0.1, 0.15) is 29.4 Å². The zero-order chi connectivity index (χ0) is 22.4. The maximum absolute atomic E-state index is 12.8. The van der Waals surface area contributed by atoms with Gasteiger partial charge in [0.05, 0.1) is 11.3 Å². The Hall–Kier alpha value is -2.87. The number of alkyl halides is 3. The Bertz CT molecular complexity index is 1030. The number of thioether (sulfide) groups is 1. The molecule has 0 radical (unpaired) electrons. The number of carboxylic acids is 1. The van der Waals surface area contributed by atoms with Crippen LogP contribution in [0.15, 0.2) is 59.0 Å². The Morgan fingerprint density at radius 3 is 2.52 bits per heavy atom. The molecule has 0 aliphatic rings. The molecule has 0 saturated heterocycles. The van der Waals surface area contributed by atoms with E-state index >= 15 is 0 Å². The van der Waals surface area contributed by atoms with Crippen molar-refractivity contribution in [3.63, 3.8) is 0 Å². The first-order valence-corrected chi connectivity index (χ1v) is 10.7. The summed E-state index contributed by atoms with van der Waals surface area (Å²) in [6.07, 6.45) is -3.76. The maximum atomic E-state index is 12.8. The molecule has 1 N–H and O–H groups in total. The van der Waals surface area contributed by atoms with Crippen LogP contribution in [-0.4, -0.2) is 16.8 Å². The molecule has 3 aromatic rings. The van der Waals surface area contributed by atoms with E-state index in [0.717, 1.165) is 23.3 Å². The average Bonchev–Trinajstić information content (AvgIpc) is 3.15. The van der Waals surface area contributed by atoms with Crippen molar-refractivity contribution in [2.45, 2.75) is 31.9 Å². The quantitative estimate of drug-likeness (QED) is 0.407. The molecule has 0 spiro atoms. The lowest BCUT2D eigenvalue weighted by atomic mass is 10.1. The lowest BCUT2D eigenvalue weighted by molar-refractivity contribution is -0.137. The van der Waals surface area contributed by atoms with Gasteiger partial charge in [0.15, 0.2) is 0 Å². The number of carbonyl (C=O) groups is 1. The second kappa shape index (κ2) is 9.96. The van der Waals surface area contributed by atoms with E-state index in [9.17, 15) is 18.0 Å². The summed E-state index contributed by atoms with van der Waals surface area (Å²) in [5.41, 5.74) is 1.63. The van der Waals surface area contributed by atoms with Gasteiger partial charge < -0.3 is 14.3 Å². The summed E-state index contributed by atoms with van der Waals surface area (Å²) >= 11 is 1.31. The smallest absolute Gasteiger partial charge is 0.416 e. The van der Waals surface area contributed by atoms with Crippen molar-refractivity contribution >= 4 is 17.7 Å². The fourth-order valence-corrected chi connectivity index (χ4v) is 3.69. The molecule has 0 atom stereocenters. The summed E-state index contributed by atoms with van der Waals surface area (Å²) in [5, 5.41) is 8.73. The number of rotatable bonds is 9. The molecule has 0 saturated carbocycles. The minimum Gasteiger partial charge on any atom is -0.489 e. The summed E-state index contributed by atoms with van der Waals surface area (Å²) in [6, 6.07) is 14.1. The molecule has 4 nitrogen and oxygen atoms in total. The van der Waals surface area contributed by atoms with E-state index in [1.54, 1.807) is 6.07 Å². The van der Waals surface area contributed by atoms with E-state index in [2.05, 4.69) is 0 Å². The molecule has 2 aromatic carbocycles. The van der Waals surface area contributed by atoms with Gasteiger partial charge in [-0.3, -0.25) is 4.79 Å². The zero-order valence-corrected chi connectivity index (χ0v) is 17.6. The van der Waals surface area contributed by atoms with Gasteiger partial charge >= 0.3 is 12.1 Å². The van der Waals surface area contributed by atoms with Crippen LogP contribution in [0.4, 0.5) is 13.2 Å². The minimum atomic E-state index is -4.38. The molecule has 0 unspecified atom stereocenters. The van der Waals surface area contributed by atoms with Crippen molar-refractivity contribution in [2.24, 2.45) is 0 Å². The topological polar surface area (TPSA) is 59.7 Å². The van der Waals surface area contributed by atoms with E-state index in [1.807, 2.05) is 31.2 Å². The molecule has 164 valence electrons. The molecule has 1 aromatic heterocycles. The highest BCUT2D eigenvalue weighted by atomic mass is 32.2. The van der Waals surface area contributed by atoms with E-state index in [1.165, 1.54) is 23.9 Å². The summed E-state index contributed by atoms with van der Waals surface area (Å²) in [5.74, 6) is 1.59. The molecule has 0 bridgehead atoms. The number of aliphatic carboxylic acids is 1. The number of hydrogen-bond acceptors (Lipinski definition) is 4. The Labute approximate surface area is 182 Å². The zero-order valence-electron chi connectivity index (χ0n) is 16.7. The lowest BCUT2D eigenvalue weighted by Gasteiger charge is -2.08. The third-order valence-electron chi connectivity index (χ3n) is 4.50. The van der Waals surface area contributed by atoms with Crippen molar-refractivity contribution in [3.05, 3.63) is 77.0 Å². The highest BCUT2D eigenvalue weighted by Crippen LogP contribution is 2.32. The number of carboxylic acid groups (broad SMARTS) is 1. The molecule has 0 fully saturated rings. The predicted octanol–water partition coefficient (Wildman–Crippen LogP) is 6.42. The van der Waals surface area contributed by atoms with Gasteiger partial charge in [-0.1, -0.05) is 31.2 Å². The van der Waals surface area contributed by atoms with Crippen molar-refractivity contribution in [2.75, 3.05) is 5.75 Å². The van der Waals surface area contributed by atoms with Gasteiger partial charge in [-0.2, -0.15) is 13.2 Å². The van der Waals surface area contributed by atoms with Crippen molar-refractivity contribution < 1.29 is 32.2 Å². The van der Waals surface area contributed by atoms with Crippen LogP contribution >= 0.6 is 11.8 Å². The SMILES string of the molecule is CCc1oc(-c2ccc(C(F)(F)F)cc2)cc1COc1cccc(CSCC(=O)O)c1. The number of aryl methyl sites for hydroxylation is 1. The molecule has 0 aliphatic carbocycles. The van der Waals surface area contributed by atoms with E-state index < -0.39 is 17.7 Å². The fourth-order valence-electron chi connectivity index (χ4n) is 3.00. The number of hydrogen-bond donors (Lipinski definition) is 1. The summed E-state index contributed by atoms with van der Waals surface area (Å²) in [6.45, 7) is 2.18. The molecule has 31 heavy (non-hydrogen) atoms. The number of halogens is 3. The van der Waals surface area contributed by atoms with E-state index in [-0.39, 0.29) is 12.4 Å². The Morgan fingerprint density at radius 2 is 1.87 bits per heavy atom. The molecular weight excluding hydrogens is 429 g/mol. The highest BCUT2D eigenvalue weighted by molar-refractivity contribution is 7.99. The first-order valence-electron chi connectivity index (χ1n) is 9.56. The molecule has 0 amide bonds. The largest absolute Gasteiger partial charge is 0.489 e. The number of ether oxygens (including phenoxy) is 1. The number of benzene rings is 2. The van der Waals surface area contributed by atoms with Crippen LogP contribution < -0.4 is 4.74 Å². The fraction of sp³-hybridized carbons (Fsp3) is 0.261. The third-order valence-corrected chi connectivity index (χ3v) is 5.49. The molecule has 3 rings (SSSR count). The number of furan rings is 1. The summed E-state index contributed by atoms with van der Waals surface area (Å²) in [7, 11) is 0. The van der Waals surface area contributed by atoms with Crippen LogP contribution in [0.5, 0.6) is 5.75 Å². The van der Waals surface area contributed by atoms with Crippen LogP contribution in [-0.2, 0) is 29.8 Å². The Kier molecular flexibility index (Phi) is 7.33. The standard InChI is InChI=1S/C23H21F3O4S/c1-2-20-17(11-21(30-20)16-6-8-18(9-7-16)23(24,25)26)12-29-19-5-3-4-15(10-19)13-31-14-22(27)28/h3-11H,2,12-14H2,1H3,(H,27,28). The van der Waals surface area contributed by atoms with Gasteiger partial charge in [-0.25, -0.2) is 0 Å². The second-order valence-corrected chi connectivity index (χ2v) is 7.80. The Balaban J connectivity index is 1.69. The monoisotopic (exact) mass is 450 g/mol. The average molecular weight is 450 g/mol. The molecule has 1 heterocycles. The molecular formula is C23H21F3O4S. The second-order valence-electron chi connectivity index (χ2n) is 6.81. The predicted molar refractivity (Wildman–Crippen MR) is 113 cm³/mol. The first-order chi connectivity index (χ1) is 14.8. The van der Waals surface area contributed by atoms with Crippen LogP contribution in [0.25, 0.3) is 11.3 Å². The molecule has 0 aliphatic heterocycles. The van der Waals surface area contributed by atoms with Gasteiger partial charge in [-0.15, -0.1) is 11.8 Å². The van der Waals surface area contributed by atoms with E-state index in [0.29, 0.717) is 35.0 Å². The van der Waals surface area contributed by atoms with Crippen molar-refractivity contribution in [3.8, 4) is 17.1 Å². The van der Waals surface area contributed by atoms with Gasteiger partial charge in [0, 0.05) is 23.3 Å². The van der Waals surface area contributed by atoms with Gasteiger partial charge in [0.2, 0.25) is 0 Å². The summed E-state index contributed by atoms with van der Waals surface area (Å²) < 4.78 is 50.0. The maximum Gasteiger partial charge on any atom is 0.416 e. The van der Waals surface area contributed by atoms with Crippen molar-refractivity contribution in [1.82, 2.24) is 0 Å². The van der Waals surface area contributed by atoms with E-state index in [4.69, 9.17) is 14.3 Å². The Morgan fingerprint density at radius 1 is 1.13 bits per heavy atom. The normalized spacial score (nSPS) is 11.5. The highest BCUT2D eigenvalue weighted by Gasteiger charge is 2.30. The van der Waals surface area contributed by atoms with Crippen LogP contribution in [0, 0.1) is 0 Å². The third kappa shape index (κ3) is 6.30. The lowest BCUT2D eigenvalue weighted by Crippen LogP contribution is -2.03. The first kappa shape index (κ1) is 22.8. The minimum absolute atomic E-state index is 0.0344. The van der Waals surface area contributed by atoms with Crippen LogP contribution in [0.3, 0.4) is 0 Å². The van der Waals surface area contributed by atoms with Gasteiger partial charge in [-0.05, 0) is 35.9 Å². The summed E-state index contributed by atoms with van der Waals surface area (Å²) in [4.78, 5) is 10.6. The van der Waals surface area contributed by atoms with Crippen molar-refractivity contribution in [1.29, 1.82) is 0 Å². The van der Waals surface area contributed by atoms with Crippen LogP contribution in [0.2, 0.25) is 0 Å². The van der Waals surface area contributed by atoms with Gasteiger partial charge in [0.25, 0.3) is 0 Å². The molecule has 8 heteroatoms.